The van der Waals surface area contributed by atoms with Crippen LogP contribution in [0.2, 0.25) is 0 Å². The molecule has 0 saturated carbocycles. The summed E-state index contributed by atoms with van der Waals surface area (Å²) in [7, 11) is 1.73. The van der Waals surface area contributed by atoms with Gasteiger partial charge in [0.25, 0.3) is 11.3 Å². The zero-order valence-corrected chi connectivity index (χ0v) is 18.3. The summed E-state index contributed by atoms with van der Waals surface area (Å²) in [5.74, 6) is 0.640. The van der Waals surface area contributed by atoms with Crippen LogP contribution in [0.25, 0.3) is 0 Å². The van der Waals surface area contributed by atoms with Gasteiger partial charge in [-0.1, -0.05) is 25.0 Å². The molecule has 2 unspecified atom stereocenters. The number of nitrogens with one attached hydrogen (secondary N) is 1. The Balaban J connectivity index is 1.34. The maximum Gasteiger partial charge on any atom is 0.261 e. The normalized spacial score (nSPS) is 16.7. The molecule has 30 heavy (non-hydrogen) atoms. The van der Waals surface area contributed by atoms with Crippen LogP contribution < -0.4 is 14.4 Å². The molecule has 5 nitrogen and oxygen atoms in total. The minimum atomic E-state index is -2.11. The van der Waals surface area contributed by atoms with Crippen LogP contribution in [0, 0.1) is 5.82 Å². The number of hydrogen-bond donors (Lipinski definition) is 2. The topological polar surface area (TPSA) is 61.8 Å². The molecular formula is C23H31FN2O3S. The van der Waals surface area contributed by atoms with Gasteiger partial charge >= 0.3 is 0 Å². The molecule has 0 aliphatic heterocycles. The van der Waals surface area contributed by atoms with Gasteiger partial charge < -0.3 is 10.1 Å². The number of hydrogen-bond acceptors (Lipinski definition) is 3. The average Bonchev–Trinajstić information content (AvgIpc) is 2.75. The van der Waals surface area contributed by atoms with E-state index in [9.17, 15) is 13.2 Å². The molecule has 1 aliphatic rings. The van der Waals surface area contributed by atoms with Crippen molar-refractivity contribution in [3.8, 4) is 5.75 Å². The molecule has 1 aliphatic carbocycles. The van der Waals surface area contributed by atoms with E-state index in [-0.39, 0.29) is 5.82 Å². The maximum absolute atomic E-state index is 13.1. The Morgan fingerprint density at radius 2 is 1.93 bits per heavy atom. The van der Waals surface area contributed by atoms with Gasteiger partial charge in [-0.05, 0) is 80.1 Å². The van der Waals surface area contributed by atoms with Crippen LogP contribution in [0.3, 0.4) is 0 Å². The fourth-order valence-corrected chi connectivity index (χ4v) is 4.65. The minimum Gasteiger partial charge on any atom is -0.496 e. The van der Waals surface area contributed by atoms with Crippen molar-refractivity contribution < 1.29 is 17.9 Å². The Labute approximate surface area is 181 Å². The number of benzene rings is 2. The number of fused-ring (bicyclic) bond motifs is 1. The summed E-state index contributed by atoms with van der Waals surface area (Å²) in [5, 5.41) is 3.67. The van der Waals surface area contributed by atoms with Gasteiger partial charge in [0.05, 0.1) is 12.8 Å². The quantitative estimate of drug-likeness (QED) is 0.404. The number of nitrogens with zero attached hydrogens (tertiary/aromatic N) is 1. The Hall–Kier alpha value is -1.96. The third kappa shape index (κ3) is 6.27. The van der Waals surface area contributed by atoms with E-state index in [0.717, 1.165) is 57.2 Å². The van der Waals surface area contributed by atoms with Gasteiger partial charge in [-0.25, -0.2) is 8.60 Å². The first-order valence-corrected chi connectivity index (χ1v) is 11.7. The first kappa shape index (κ1) is 22.7. The Morgan fingerprint density at radius 3 is 2.67 bits per heavy atom. The van der Waals surface area contributed by atoms with E-state index in [1.807, 2.05) is 6.07 Å². The molecule has 0 amide bonds. The summed E-state index contributed by atoms with van der Waals surface area (Å²) in [6.07, 6.45) is 7.18. The van der Waals surface area contributed by atoms with Crippen molar-refractivity contribution in [1.82, 2.24) is 5.32 Å². The average molecular weight is 435 g/mol. The number of anilines is 1. The van der Waals surface area contributed by atoms with Gasteiger partial charge in [0.1, 0.15) is 11.6 Å². The van der Waals surface area contributed by atoms with E-state index in [1.54, 1.807) is 7.11 Å². The highest BCUT2D eigenvalue weighted by atomic mass is 32.2. The SMILES string of the molecule is COc1cccc2c1CC(NCCCCCCN(c1ccc(F)cc1)S(=O)O)CC2. The van der Waals surface area contributed by atoms with Crippen molar-refractivity contribution >= 4 is 17.0 Å². The van der Waals surface area contributed by atoms with Crippen LogP contribution in [-0.2, 0) is 24.1 Å². The van der Waals surface area contributed by atoms with Gasteiger partial charge in [-0.3, -0.25) is 8.86 Å². The summed E-state index contributed by atoms with van der Waals surface area (Å²) in [6, 6.07) is 12.5. The van der Waals surface area contributed by atoms with Crippen LogP contribution in [-0.4, -0.2) is 35.0 Å². The third-order valence-electron chi connectivity index (χ3n) is 5.69. The number of halogens is 1. The Morgan fingerprint density at radius 1 is 1.17 bits per heavy atom. The van der Waals surface area contributed by atoms with Crippen LogP contribution in [0.4, 0.5) is 10.1 Å². The van der Waals surface area contributed by atoms with Gasteiger partial charge in [-0.2, -0.15) is 0 Å². The largest absolute Gasteiger partial charge is 0.496 e. The Bertz CT molecular complexity index is 817. The second kappa shape index (κ2) is 11.4. The van der Waals surface area contributed by atoms with Crippen LogP contribution in [0.15, 0.2) is 42.5 Å². The third-order valence-corrected chi connectivity index (χ3v) is 6.46. The summed E-state index contributed by atoms with van der Waals surface area (Å²) in [5.41, 5.74) is 3.30. The molecule has 2 aromatic rings. The van der Waals surface area contributed by atoms with Crippen LogP contribution in [0.1, 0.15) is 43.2 Å². The highest BCUT2D eigenvalue weighted by molar-refractivity contribution is 7.80. The van der Waals surface area contributed by atoms with E-state index in [1.165, 1.54) is 39.7 Å². The molecule has 0 aromatic heterocycles. The number of methoxy groups -OCH3 is 1. The number of ether oxygens (including phenoxy) is 1. The molecular weight excluding hydrogens is 403 g/mol. The smallest absolute Gasteiger partial charge is 0.261 e. The van der Waals surface area contributed by atoms with Crippen LogP contribution in [0.5, 0.6) is 5.75 Å². The number of aryl methyl sites for hydroxylation is 1. The van der Waals surface area contributed by atoms with Gasteiger partial charge in [0.2, 0.25) is 0 Å². The molecule has 2 aromatic carbocycles. The summed E-state index contributed by atoms with van der Waals surface area (Å²) < 4.78 is 41.1. The maximum atomic E-state index is 13.1. The molecule has 0 heterocycles. The summed E-state index contributed by atoms with van der Waals surface area (Å²) >= 11 is -2.11. The van der Waals surface area contributed by atoms with Crippen molar-refractivity contribution in [3.05, 3.63) is 59.4 Å². The second-order valence-electron chi connectivity index (χ2n) is 7.72. The van der Waals surface area contributed by atoms with Gasteiger partial charge in [0, 0.05) is 12.6 Å². The fraction of sp³-hybridized carbons (Fsp3) is 0.478. The second-order valence-corrected chi connectivity index (χ2v) is 8.62. The van der Waals surface area contributed by atoms with Gasteiger partial charge in [0.15, 0.2) is 0 Å². The molecule has 2 N–H and O–H groups in total. The minimum absolute atomic E-state index is 0.352. The highest BCUT2D eigenvalue weighted by Gasteiger charge is 2.20. The van der Waals surface area contributed by atoms with E-state index in [2.05, 4.69) is 17.4 Å². The lowest BCUT2D eigenvalue weighted by Crippen LogP contribution is -2.35. The van der Waals surface area contributed by atoms with Gasteiger partial charge in [-0.15, -0.1) is 0 Å². The zero-order chi connectivity index (χ0) is 21.3. The summed E-state index contributed by atoms with van der Waals surface area (Å²) in [6.45, 7) is 1.45. The van der Waals surface area contributed by atoms with Crippen molar-refractivity contribution in [3.63, 3.8) is 0 Å². The van der Waals surface area contributed by atoms with Crippen molar-refractivity contribution in [2.75, 3.05) is 24.5 Å². The fourth-order valence-electron chi connectivity index (χ4n) is 4.07. The lowest BCUT2D eigenvalue weighted by atomic mass is 9.87. The molecule has 0 fully saturated rings. The lowest BCUT2D eigenvalue weighted by Gasteiger charge is -2.27. The molecule has 0 bridgehead atoms. The van der Waals surface area contributed by atoms with E-state index in [4.69, 9.17) is 4.74 Å². The number of rotatable bonds is 11. The highest BCUT2D eigenvalue weighted by Crippen LogP contribution is 2.29. The predicted molar refractivity (Wildman–Crippen MR) is 120 cm³/mol. The molecule has 3 rings (SSSR count). The predicted octanol–water partition coefficient (Wildman–Crippen LogP) is 4.48. The van der Waals surface area contributed by atoms with E-state index in [0.29, 0.717) is 18.3 Å². The Kier molecular flexibility index (Phi) is 8.66. The molecule has 0 radical (unpaired) electrons. The zero-order valence-electron chi connectivity index (χ0n) is 17.5. The van der Waals surface area contributed by atoms with E-state index < -0.39 is 11.3 Å². The van der Waals surface area contributed by atoms with Crippen molar-refractivity contribution in [1.29, 1.82) is 0 Å². The molecule has 7 heteroatoms. The molecule has 164 valence electrons. The molecule has 0 spiro atoms. The lowest BCUT2D eigenvalue weighted by molar-refractivity contribution is 0.392. The van der Waals surface area contributed by atoms with E-state index >= 15 is 0 Å². The monoisotopic (exact) mass is 434 g/mol. The molecule has 0 saturated heterocycles. The summed E-state index contributed by atoms with van der Waals surface area (Å²) in [4.78, 5) is 0. The van der Waals surface area contributed by atoms with Crippen molar-refractivity contribution in [2.45, 2.75) is 51.0 Å². The number of unbranched alkanes of at least 4 members (excludes halogenated alkanes) is 3. The van der Waals surface area contributed by atoms with Crippen LogP contribution >= 0.6 is 0 Å². The van der Waals surface area contributed by atoms with Crippen molar-refractivity contribution in [2.24, 2.45) is 0 Å². The first-order valence-electron chi connectivity index (χ1n) is 10.6. The first-order chi connectivity index (χ1) is 14.6. The standard InChI is InChI=1S/C23H31FN2O3S/c1-29-23-8-6-7-18-9-12-20(17-22(18)23)25-15-4-2-3-5-16-26(30(27)28)21-13-10-19(24)11-14-21/h6-8,10-11,13-14,20,25H,2-5,9,12,15-17H2,1H3,(H,27,28). The molecule has 2 atom stereocenters.